The molecule has 0 amide bonds. The lowest BCUT2D eigenvalue weighted by molar-refractivity contribution is -0.334. The van der Waals surface area contributed by atoms with Gasteiger partial charge in [0.1, 0.15) is 35.1 Å². The summed E-state index contributed by atoms with van der Waals surface area (Å²) in [6, 6.07) is 0. The third-order valence-electron chi connectivity index (χ3n) is 11.8. The number of hydrogen-bond donors (Lipinski definition) is 1. The van der Waals surface area contributed by atoms with E-state index in [0.29, 0.717) is 24.8 Å². The van der Waals surface area contributed by atoms with Crippen molar-refractivity contribution < 1.29 is 48.0 Å². The molecular formula is C29H34O10. The third kappa shape index (κ3) is 2.48. The summed E-state index contributed by atoms with van der Waals surface area (Å²) in [5.74, 6) is -6.09. The largest absolute Gasteiger partial charge is 0.459 e. The fraction of sp³-hybridized carbons (Fsp3) is 0.793. The van der Waals surface area contributed by atoms with Crippen LogP contribution in [-0.2, 0) is 42.9 Å². The monoisotopic (exact) mass is 542 g/mol. The summed E-state index contributed by atoms with van der Waals surface area (Å²) < 4.78 is 31.8. The average Bonchev–Trinajstić information content (AvgIpc) is 3.41. The highest BCUT2D eigenvalue weighted by Gasteiger charge is 2.84. The molecule has 210 valence electrons. The molecule has 0 aromatic rings. The van der Waals surface area contributed by atoms with Crippen LogP contribution in [0.3, 0.4) is 0 Å². The molecule has 1 N–H and O–H groups in total. The molecule has 0 aromatic carbocycles. The van der Waals surface area contributed by atoms with Gasteiger partial charge in [-0.3, -0.25) is 19.2 Å². The molecule has 3 spiro atoms. The highest BCUT2D eigenvalue weighted by atomic mass is 16.7. The number of carbonyl (C=O) groups is 4. The number of ketones is 2. The molecule has 6 aliphatic heterocycles. The van der Waals surface area contributed by atoms with Crippen LogP contribution in [0.25, 0.3) is 0 Å². The Morgan fingerprint density at radius 2 is 1.74 bits per heavy atom. The summed E-state index contributed by atoms with van der Waals surface area (Å²) in [5, 5.41) is 11.7. The first-order valence-electron chi connectivity index (χ1n) is 14.1. The first-order valence-corrected chi connectivity index (χ1v) is 14.1. The number of allylic oxidation sites excluding steroid dienone is 1. The molecule has 10 heteroatoms. The van der Waals surface area contributed by atoms with Crippen LogP contribution in [0.4, 0.5) is 0 Å². The summed E-state index contributed by atoms with van der Waals surface area (Å²) in [4.78, 5) is 54.1. The van der Waals surface area contributed by atoms with Gasteiger partial charge in [0.15, 0.2) is 5.78 Å². The van der Waals surface area contributed by atoms with Crippen LogP contribution in [0.5, 0.6) is 0 Å². The van der Waals surface area contributed by atoms with Crippen molar-refractivity contribution in [1.29, 1.82) is 0 Å². The number of aliphatic hydroxyl groups is 1. The SMILES string of the molecule is CC1C(=O)OC2C1OC13OC4(CCC5(C)C(=O)C(C)(O)C2C51)CC12OC(=O)CC1OC(C)(C)C2CC=C4C3=O. The maximum atomic E-state index is 14.7. The lowest BCUT2D eigenvalue weighted by atomic mass is 9.62. The molecular weight excluding hydrogens is 508 g/mol. The predicted octanol–water partition coefficient (Wildman–Crippen LogP) is 1.55. The standard InChI is InChI=1S/C29H34O10/c1-12-18-19(35-22(12)32)17-20-25(4,23(33)26(17,5)34)8-9-27-11-28-14(24(2,3)36-15(28)10-16(30)37-28)7-6-13(27)21(31)29(20,38-18)39-27/h6,12,14-15,17-20,34H,7-11H2,1-5H3. The summed E-state index contributed by atoms with van der Waals surface area (Å²) >= 11 is 0. The summed E-state index contributed by atoms with van der Waals surface area (Å²) in [7, 11) is 0. The van der Waals surface area contributed by atoms with Crippen molar-refractivity contribution in [2.45, 2.75) is 113 Å². The van der Waals surface area contributed by atoms with Gasteiger partial charge in [-0.05, 0) is 47.0 Å². The Bertz CT molecular complexity index is 1310. The molecule has 6 saturated heterocycles. The number of carbonyl (C=O) groups excluding carboxylic acids is 4. The van der Waals surface area contributed by atoms with Crippen LogP contribution in [0.15, 0.2) is 11.6 Å². The van der Waals surface area contributed by atoms with Gasteiger partial charge in [-0.25, -0.2) is 0 Å². The van der Waals surface area contributed by atoms with Crippen LogP contribution < -0.4 is 0 Å². The third-order valence-corrected chi connectivity index (χ3v) is 11.8. The molecule has 0 aromatic heterocycles. The number of rotatable bonds is 0. The van der Waals surface area contributed by atoms with Crippen molar-refractivity contribution in [3.8, 4) is 0 Å². The highest BCUT2D eigenvalue weighted by molar-refractivity contribution is 6.08. The minimum atomic E-state index is -1.88. The van der Waals surface area contributed by atoms with E-state index in [1.54, 1.807) is 13.8 Å². The molecule has 12 atom stereocenters. The number of hydrogen-bond acceptors (Lipinski definition) is 10. The van der Waals surface area contributed by atoms with Gasteiger partial charge in [0.2, 0.25) is 11.6 Å². The molecule has 0 radical (unpaired) electrons. The Balaban J connectivity index is 1.33. The molecule has 8 rings (SSSR count). The second kappa shape index (κ2) is 6.66. The van der Waals surface area contributed by atoms with E-state index in [0.717, 1.165) is 0 Å². The maximum Gasteiger partial charge on any atom is 0.311 e. The smallest absolute Gasteiger partial charge is 0.311 e. The van der Waals surface area contributed by atoms with E-state index in [1.165, 1.54) is 6.92 Å². The van der Waals surface area contributed by atoms with Crippen LogP contribution in [0, 0.1) is 29.1 Å². The van der Waals surface area contributed by atoms with Gasteiger partial charge < -0.3 is 28.8 Å². The van der Waals surface area contributed by atoms with Crippen LogP contribution in [-0.4, -0.2) is 75.1 Å². The summed E-state index contributed by atoms with van der Waals surface area (Å²) in [5.41, 5.74) is -5.28. The molecule has 7 fully saturated rings. The van der Waals surface area contributed by atoms with Gasteiger partial charge in [-0.1, -0.05) is 13.0 Å². The van der Waals surface area contributed by atoms with Crippen LogP contribution in [0.2, 0.25) is 0 Å². The second-order valence-corrected chi connectivity index (χ2v) is 14.2. The van der Waals surface area contributed by atoms with E-state index in [9.17, 15) is 24.3 Å². The Morgan fingerprint density at radius 1 is 1.00 bits per heavy atom. The van der Waals surface area contributed by atoms with E-state index in [4.69, 9.17) is 23.7 Å². The second-order valence-electron chi connectivity index (χ2n) is 14.2. The fourth-order valence-corrected chi connectivity index (χ4v) is 10.2. The van der Waals surface area contributed by atoms with Gasteiger partial charge >= 0.3 is 11.9 Å². The molecule has 10 nitrogen and oxygen atoms in total. The fourth-order valence-electron chi connectivity index (χ4n) is 10.2. The minimum Gasteiger partial charge on any atom is -0.459 e. The highest BCUT2D eigenvalue weighted by Crippen LogP contribution is 2.71. The van der Waals surface area contributed by atoms with E-state index in [-0.39, 0.29) is 30.5 Å². The maximum absolute atomic E-state index is 14.7. The number of Topliss-reactive ketones (excluding diaryl/α,β-unsaturated/α-hetero) is 2. The van der Waals surface area contributed by atoms with E-state index in [1.807, 2.05) is 19.9 Å². The number of ether oxygens (including phenoxy) is 5. The quantitative estimate of drug-likeness (QED) is 0.449. The van der Waals surface area contributed by atoms with E-state index >= 15 is 0 Å². The van der Waals surface area contributed by atoms with Crippen LogP contribution >= 0.6 is 0 Å². The zero-order valence-electron chi connectivity index (χ0n) is 22.8. The topological polar surface area (TPSA) is 135 Å². The van der Waals surface area contributed by atoms with Gasteiger partial charge in [-0.15, -0.1) is 0 Å². The summed E-state index contributed by atoms with van der Waals surface area (Å²) in [6.07, 6.45) is 1.11. The molecule has 12 unspecified atom stereocenters. The lowest BCUT2D eigenvalue weighted by Crippen LogP contribution is -2.64. The zero-order chi connectivity index (χ0) is 27.7. The molecule has 39 heavy (non-hydrogen) atoms. The van der Waals surface area contributed by atoms with Crippen molar-refractivity contribution in [2.75, 3.05) is 0 Å². The first kappa shape index (κ1) is 24.6. The Hall–Kier alpha value is -2.14. The van der Waals surface area contributed by atoms with Gasteiger partial charge in [0.05, 0.1) is 17.9 Å². The Kier molecular flexibility index (Phi) is 4.21. The zero-order valence-corrected chi connectivity index (χ0v) is 22.8. The van der Waals surface area contributed by atoms with Gasteiger partial charge in [-0.2, -0.15) is 0 Å². The molecule has 8 aliphatic rings. The van der Waals surface area contributed by atoms with Crippen molar-refractivity contribution >= 4 is 23.5 Å². The van der Waals surface area contributed by atoms with Crippen molar-refractivity contribution in [1.82, 2.24) is 0 Å². The van der Waals surface area contributed by atoms with Crippen molar-refractivity contribution in [3.63, 3.8) is 0 Å². The lowest BCUT2D eigenvalue weighted by Gasteiger charge is -2.50. The molecule has 2 bridgehead atoms. The predicted molar refractivity (Wildman–Crippen MR) is 129 cm³/mol. The Labute approximate surface area is 225 Å². The average molecular weight is 543 g/mol. The van der Waals surface area contributed by atoms with Crippen LogP contribution in [0.1, 0.15) is 66.7 Å². The van der Waals surface area contributed by atoms with E-state index < -0.39 is 81.4 Å². The Morgan fingerprint density at radius 3 is 2.49 bits per heavy atom. The van der Waals surface area contributed by atoms with Gasteiger partial charge in [0, 0.05) is 35.2 Å². The van der Waals surface area contributed by atoms with Crippen molar-refractivity contribution in [2.24, 2.45) is 29.1 Å². The molecule has 6 heterocycles. The summed E-state index contributed by atoms with van der Waals surface area (Å²) in [6.45, 7) is 8.88. The number of esters is 2. The number of fused-ring (bicyclic) bond motifs is 2. The minimum absolute atomic E-state index is 0.130. The molecule has 2 aliphatic carbocycles. The normalized spacial score (nSPS) is 57.9. The van der Waals surface area contributed by atoms with Crippen molar-refractivity contribution in [3.05, 3.63) is 11.6 Å². The van der Waals surface area contributed by atoms with Gasteiger partial charge in [0.25, 0.3) is 0 Å². The molecule has 1 saturated carbocycles. The van der Waals surface area contributed by atoms with E-state index in [2.05, 4.69) is 0 Å². The first-order chi connectivity index (χ1) is 18.1.